The van der Waals surface area contributed by atoms with Crippen molar-refractivity contribution in [2.75, 3.05) is 33.7 Å². The molecule has 1 aliphatic heterocycles. The Hall–Kier alpha value is -0.0400. The third kappa shape index (κ3) is 3.98. The average Bonchev–Trinajstić information content (AvgIpc) is 3.04. The summed E-state index contributed by atoms with van der Waals surface area (Å²) < 4.78 is 0. The van der Waals surface area contributed by atoms with Gasteiger partial charge >= 0.3 is 0 Å². The van der Waals surface area contributed by atoms with Gasteiger partial charge in [0.05, 0.1) is 0 Å². The largest absolute Gasteiger partial charge is 0.352 e. The number of hydrogen-bond acceptors (Lipinski definition) is 2. The first kappa shape index (κ1) is 16.0. The lowest BCUT2D eigenvalue weighted by Gasteiger charge is -2.24. The van der Waals surface area contributed by atoms with Gasteiger partial charge in [0.2, 0.25) is 0 Å². The van der Waals surface area contributed by atoms with Gasteiger partial charge in [-0.05, 0) is 25.7 Å². The molecule has 0 aromatic rings. The van der Waals surface area contributed by atoms with Crippen LogP contribution in [-0.4, -0.2) is 61.6 Å². The summed E-state index contributed by atoms with van der Waals surface area (Å²) in [6, 6.07) is 1.44. The maximum absolute atomic E-state index is 4.52. The Morgan fingerprint density at radius 3 is 2.50 bits per heavy atom. The topological polar surface area (TPSA) is 30.9 Å². The van der Waals surface area contributed by atoms with E-state index in [0.29, 0.717) is 6.04 Å². The summed E-state index contributed by atoms with van der Waals surface area (Å²) in [5.41, 5.74) is 0. The molecule has 1 aliphatic carbocycles. The summed E-state index contributed by atoms with van der Waals surface area (Å²) in [5.74, 6) is 1.75. The summed E-state index contributed by atoms with van der Waals surface area (Å²) in [5, 5.41) is 3.61. The number of rotatable bonds is 3. The summed E-state index contributed by atoms with van der Waals surface area (Å²) in [6.45, 7) is 7.70. The number of likely N-dealkylation sites (tertiary alicyclic amines) is 1. The van der Waals surface area contributed by atoms with Crippen LogP contribution in [0.3, 0.4) is 0 Å². The van der Waals surface area contributed by atoms with Crippen LogP contribution in [0.5, 0.6) is 0 Å². The van der Waals surface area contributed by atoms with E-state index >= 15 is 0 Å². The monoisotopic (exact) mass is 366 g/mol. The molecule has 4 nitrogen and oxygen atoms in total. The number of nitrogens with zero attached hydrogens (tertiary/aromatic N) is 3. The summed E-state index contributed by atoms with van der Waals surface area (Å²) in [4.78, 5) is 9.24. The summed E-state index contributed by atoms with van der Waals surface area (Å²) in [7, 11) is 4.11. The van der Waals surface area contributed by atoms with Gasteiger partial charge in [-0.25, -0.2) is 0 Å². The van der Waals surface area contributed by atoms with Gasteiger partial charge in [-0.2, -0.15) is 0 Å². The van der Waals surface area contributed by atoms with Gasteiger partial charge in [0, 0.05) is 45.8 Å². The minimum Gasteiger partial charge on any atom is -0.352 e. The molecule has 18 heavy (non-hydrogen) atoms. The van der Waals surface area contributed by atoms with E-state index in [1.54, 1.807) is 0 Å². The molecule has 106 valence electrons. The number of hydrogen-bond donors (Lipinski definition) is 1. The van der Waals surface area contributed by atoms with Crippen LogP contribution in [0, 0.1) is 5.92 Å². The van der Waals surface area contributed by atoms with Gasteiger partial charge in [0.15, 0.2) is 5.96 Å². The van der Waals surface area contributed by atoms with Crippen molar-refractivity contribution < 1.29 is 0 Å². The first-order chi connectivity index (χ1) is 8.11. The van der Waals surface area contributed by atoms with Crippen LogP contribution in [0.25, 0.3) is 0 Å². The molecule has 0 radical (unpaired) electrons. The molecule has 1 saturated carbocycles. The first-order valence-electron chi connectivity index (χ1n) is 6.84. The van der Waals surface area contributed by atoms with E-state index in [2.05, 4.69) is 48.1 Å². The fourth-order valence-electron chi connectivity index (χ4n) is 2.56. The first-order valence-corrected chi connectivity index (χ1v) is 6.84. The maximum Gasteiger partial charge on any atom is 0.193 e. The van der Waals surface area contributed by atoms with Gasteiger partial charge in [-0.1, -0.05) is 6.92 Å². The second-order valence-electron chi connectivity index (χ2n) is 5.61. The highest BCUT2D eigenvalue weighted by Gasteiger charge is 2.38. The summed E-state index contributed by atoms with van der Waals surface area (Å²) in [6.07, 6.45) is 2.81. The fraction of sp³-hybridized carbons (Fsp3) is 0.923. The lowest BCUT2D eigenvalue weighted by atomic mass is 10.1. The second kappa shape index (κ2) is 6.93. The third-order valence-corrected chi connectivity index (χ3v) is 3.75. The van der Waals surface area contributed by atoms with Crippen LogP contribution in [0.4, 0.5) is 0 Å². The van der Waals surface area contributed by atoms with Crippen LogP contribution < -0.4 is 5.32 Å². The SMILES string of the molecule is CCN=C(NC1CN(C2CC2)CC1C)N(C)C.I. The van der Waals surface area contributed by atoms with E-state index in [1.807, 2.05) is 0 Å². The van der Waals surface area contributed by atoms with Gasteiger partial charge in [0.25, 0.3) is 0 Å². The van der Waals surface area contributed by atoms with Gasteiger partial charge < -0.3 is 10.2 Å². The molecule has 2 aliphatic rings. The standard InChI is InChI=1S/C13H26N4.HI/c1-5-14-13(16(3)4)15-12-9-17(8-10(12)2)11-6-7-11;/h10-12H,5-9H2,1-4H3,(H,14,15);1H. The Bertz CT molecular complexity index is 289. The van der Waals surface area contributed by atoms with Crippen molar-refractivity contribution in [2.45, 2.75) is 38.8 Å². The zero-order chi connectivity index (χ0) is 12.4. The molecule has 0 aromatic heterocycles. The quantitative estimate of drug-likeness (QED) is 0.468. The number of guanidine groups is 1. The maximum atomic E-state index is 4.52. The van der Waals surface area contributed by atoms with Crippen LogP contribution >= 0.6 is 24.0 Å². The minimum atomic E-state index is 0. The molecule has 2 fully saturated rings. The zero-order valence-corrected chi connectivity index (χ0v) is 14.3. The lowest BCUT2D eigenvalue weighted by Crippen LogP contribution is -2.46. The predicted octanol–water partition coefficient (Wildman–Crippen LogP) is 1.61. The molecule has 2 unspecified atom stereocenters. The van der Waals surface area contributed by atoms with E-state index in [-0.39, 0.29) is 24.0 Å². The van der Waals surface area contributed by atoms with Crippen molar-refractivity contribution in [1.82, 2.24) is 15.1 Å². The highest BCUT2D eigenvalue weighted by molar-refractivity contribution is 14.0. The Balaban J connectivity index is 0.00000162. The van der Waals surface area contributed by atoms with E-state index in [9.17, 15) is 0 Å². The van der Waals surface area contributed by atoms with Gasteiger partial charge in [-0.15, -0.1) is 24.0 Å². The molecule has 0 amide bonds. The lowest BCUT2D eigenvalue weighted by molar-refractivity contribution is 0.315. The molecule has 2 rings (SSSR count). The van der Waals surface area contributed by atoms with Gasteiger partial charge in [0.1, 0.15) is 0 Å². The molecule has 0 bridgehead atoms. The van der Waals surface area contributed by atoms with Crippen LogP contribution in [-0.2, 0) is 0 Å². The van der Waals surface area contributed by atoms with Crippen molar-refractivity contribution in [2.24, 2.45) is 10.9 Å². The number of halogens is 1. The van der Waals surface area contributed by atoms with E-state index in [4.69, 9.17) is 0 Å². The second-order valence-corrected chi connectivity index (χ2v) is 5.61. The number of nitrogens with one attached hydrogen (secondary N) is 1. The normalized spacial score (nSPS) is 29.0. The highest BCUT2D eigenvalue weighted by Crippen LogP contribution is 2.31. The van der Waals surface area contributed by atoms with Gasteiger partial charge in [-0.3, -0.25) is 9.89 Å². The molecule has 0 aromatic carbocycles. The molecular weight excluding hydrogens is 339 g/mol. The predicted molar refractivity (Wildman–Crippen MR) is 87.8 cm³/mol. The molecule has 5 heteroatoms. The van der Waals surface area contributed by atoms with E-state index in [1.165, 1.54) is 25.9 Å². The highest BCUT2D eigenvalue weighted by atomic mass is 127. The van der Waals surface area contributed by atoms with Crippen LogP contribution in [0.15, 0.2) is 4.99 Å². The summed E-state index contributed by atoms with van der Waals surface area (Å²) >= 11 is 0. The smallest absolute Gasteiger partial charge is 0.193 e. The minimum absolute atomic E-state index is 0. The van der Waals surface area contributed by atoms with E-state index < -0.39 is 0 Å². The van der Waals surface area contributed by atoms with Crippen LogP contribution in [0.2, 0.25) is 0 Å². The zero-order valence-electron chi connectivity index (χ0n) is 12.0. The molecule has 2 atom stereocenters. The molecule has 1 N–H and O–H groups in total. The Kier molecular flexibility index (Phi) is 6.17. The van der Waals surface area contributed by atoms with E-state index in [0.717, 1.165) is 24.5 Å². The Labute approximate surface area is 128 Å². The Morgan fingerprint density at radius 1 is 1.33 bits per heavy atom. The van der Waals surface area contributed by atoms with Crippen LogP contribution in [0.1, 0.15) is 26.7 Å². The molecule has 1 heterocycles. The Morgan fingerprint density at radius 2 is 2.00 bits per heavy atom. The average molecular weight is 366 g/mol. The van der Waals surface area contributed by atoms with Crippen molar-refractivity contribution in [3.05, 3.63) is 0 Å². The fourth-order valence-corrected chi connectivity index (χ4v) is 2.56. The molecule has 1 saturated heterocycles. The molecule has 0 spiro atoms. The van der Waals surface area contributed by atoms with Crippen molar-refractivity contribution >= 4 is 29.9 Å². The number of aliphatic imine (C=N–C) groups is 1. The van der Waals surface area contributed by atoms with Crippen molar-refractivity contribution in [3.63, 3.8) is 0 Å². The molecular formula is C13H27IN4. The third-order valence-electron chi connectivity index (χ3n) is 3.75. The van der Waals surface area contributed by atoms with Crippen molar-refractivity contribution in [1.29, 1.82) is 0 Å². The van der Waals surface area contributed by atoms with Crippen molar-refractivity contribution in [3.8, 4) is 0 Å².